The smallest absolute Gasteiger partial charge is 0.128 e. The molecule has 2 aromatic rings. The molecular formula is C16H16N2O2. The molecule has 0 saturated carbocycles. The van der Waals surface area contributed by atoms with Crippen LogP contribution in [0.3, 0.4) is 0 Å². The number of rotatable bonds is 2. The van der Waals surface area contributed by atoms with Gasteiger partial charge in [-0.1, -0.05) is 18.2 Å². The third-order valence-corrected chi connectivity index (χ3v) is 3.44. The van der Waals surface area contributed by atoms with E-state index >= 15 is 0 Å². The number of nitrogens with zero attached hydrogens (tertiary/aromatic N) is 2. The van der Waals surface area contributed by atoms with Gasteiger partial charge >= 0.3 is 0 Å². The Balaban J connectivity index is 1.87. The number of hydrogen-bond acceptors (Lipinski definition) is 4. The fraction of sp³-hybridized carbons (Fsp3) is 0.188. The fourth-order valence-electron chi connectivity index (χ4n) is 2.41. The lowest BCUT2D eigenvalue weighted by molar-refractivity contribution is 0.450. The molecule has 0 bridgehead atoms. The second-order valence-electron chi connectivity index (χ2n) is 4.84. The van der Waals surface area contributed by atoms with E-state index in [1.165, 1.54) is 17.7 Å². The van der Waals surface area contributed by atoms with Gasteiger partial charge in [0, 0.05) is 18.2 Å². The van der Waals surface area contributed by atoms with E-state index in [4.69, 9.17) is 0 Å². The van der Waals surface area contributed by atoms with Crippen LogP contribution in [0.2, 0.25) is 0 Å². The van der Waals surface area contributed by atoms with Crippen molar-refractivity contribution in [1.82, 2.24) is 0 Å². The van der Waals surface area contributed by atoms with Crippen LogP contribution in [-0.2, 0) is 6.42 Å². The molecule has 102 valence electrons. The number of aromatic hydroxyl groups is 2. The van der Waals surface area contributed by atoms with Crippen LogP contribution in [0.1, 0.15) is 17.5 Å². The van der Waals surface area contributed by atoms with Crippen molar-refractivity contribution in [3.05, 3.63) is 53.6 Å². The molecule has 0 radical (unpaired) electrons. The average Bonchev–Trinajstić information content (AvgIpc) is 2.46. The highest BCUT2D eigenvalue weighted by atomic mass is 16.3. The van der Waals surface area contributed by atoms with E-state index in [0.29, 0.717) is 5.56 Å². The number of anilines is 1. The number of fused-ring (bicyclic) bond motifs is 1. The average molecular weight is 268 g/mol. The van der Waals surface area contributed by atoms with Gasteiger partial charge in [-0.25, -0.2) is 0 Å². The molecular weight excluding hydrogens is 252 g/mol. The maximum atomic E-state index is 9.75. The Bertz CT molecular complexity index is 653. The Hall–Kier alpha value is -2.49. The van der Waals surface area contributed by atoms with Crippen molar-refractivity contribution in [2.75, 3.05) is 11.6 Å². The van der Waals surface area contributed by atoms with Gasteiger partial charge < -0.3 is 10.2 Å². The minimum atomic E-state index is 0.0269. The van der Waals surface area contributed by atoms with Crippen LogP contribution < -0.4 is 5.01 Å². The van der Waals surface area contributed by atoms with Crippen LogP contribution in [0, 0.1) is 0 Å². The first-order valence-electron chi connectivity index (χ1n) is 6.65. The summed E-state index contributed by atoms with van der Waals surface area (Å²) in [5.74, 6) is 0.0713. The molecule has 3 rings (SSSR count). The zero-order valence-corrected chi connectivity index (χ0v) is 11.0. The molecule has 4 heteroatoms. The SMILES string of the molecule is Oc1ccc(/C=N/N2CCCc3ccccc32)c(O)c1. The van der Waals surface area contributed by atoms with Gasteiger partial charge in [-0.3, -0.25) is 5.01 Å². The maximum Gasteiger partial charge on any atom is 0.128 e. The lowest BCUT2D eigenvalue weighted by Crippen LogP contribution is -2.24. The molecule has 0 amide bonds. The lowest BCUT2D eigenvalue weighted by Gasteiger charge is -2.26. The number of aryl methyl sites for hydroxylation is 1. The Morgan fingerprint density at radius 3 is 2.80 bits per heavy atom. The summed E-state index contributed by atoms with van der Waals surface area (Å²) in [6, 6.07) is 12.7. The van der Waals surface area contributed by atoms with Crippen molar-refractivity contribution in [1.29, 1.82) is 0 Å². The minimum absolute atomic E-state index is 0.0269. The zero-order valence-electron chi connectivity index (χ0n) is 11.0. The normalized spacial score (nSPS) is 14.5. The zero-order chi connectivity index (χ0) is 13.9. The standard InChI is InChI=1S/C16H16N2O2/c19-14-8-7-13(16(20)10-14)11-17-18-9-3-5-12-4-1-2-6-15(12)18/h1-2,4,6-8,10-11,19-20H,3,5,9H2/b17-11+. The molecule has 1 heterocycles. The van der Waals surface area contributed by atoms with Crippen LogP contribution in [0.25, 0.3) is 0 Å². The van der Waals surface area contributed by atoms with Crippen molar-refractivity contribution >= 4 is 11.9 Å². The Morgan fingerprint density at radius 2 is 1.95 bits per heavy atom. The first kappa shape index (κ1) is 12.5. The van der Waals surface area contributed by atoms with Crippen LogP contribution in [-0.4, -0.2) is 23.0 Å². The van der Waals surface area contributed by atoms with Crippen LogP contribution in [0.15, 0.2) is 47.6 Å². The third-order valence-electron chi connectivity index (χ3n) is 3.44. The first-order chi connectivity index (χ1) is 9.74. The second kappa shape index (κ2) is 5.25. The molecule has 20 heavy (non-hydrogen) atoms. The van der Waals surface area contributed by atoms with E-state index in [9.17, 15) is 10.2 Å². The van der Waals surface area contributed by atoms with Crippen LogP contribution >= 0.6 is 0 Å². The van der Waals surface area contributed by atoms with Gasteiger partial charge in [0.2, 0.25) is 0 Å². The van der Waals surface area contributed by atoms with E-state index in [1.807, 2.05) is 17.1 Å². The van der Waals surface area contributed by atoms with Gasteiger partial charge in [-0.05, 0) is 36.6 Å². The molecule has 0 aromatic heterocycles. The number of hydrazone groups is 1. The van der Waals surface area contributed by atoms with Gasteiger partial charge in [0.25, 0.3) is 0 Å². The highest BCUT2D eigenvalue weighted by molar-refractivity contribution is 5.84. The van der Waals surface area contributed by atoms with E-state index in [1.54, 1.807) is 12.3 Å². The summed E-state index contributed by atoms with van der Waals surface area (Å²) in [4.78, 5) is 0. The molecule has 0 saturated heterocycles. The van der Waals surface area contributed by atoms with Gasteiger partial charge in [0.1, 0.15) is 11.5 Å². The Labute approximate surface area is 117 Å². The molecule has 0 unspecified atom stereocenters. The van der Waals surface area contributed by atoms with E-state index < -0.39 is 0 Å². The van der Waals surface area contributed by atoms with E-state index in [0.717, 1.165) is 25.1 Å². The number of hydrogen-bond donors (Lipinski definition) is 2. The third kappa shape index (κ3) is 2.45. The minimum Gasteiger partial charge on any atom is -0.508 e. The van der Waals surface area contributed by atoms with Gasteiger partial charge in [-0.2, -0.15) is 5.10 Å². The number of benzene rings is 2. The van der Waals surface area contributed by atoms with Crippen molar-refractivity contribution in [3.8, 4) is 11.5 Å². The van der Waals surface area contributed by atoms with Gasteiger partial charge in [0.15, 0.2) is 0 Å². The molecule has 0 fully saturated rings. The fourth-order valence-corrected chi connectivity index (χ4v) is 2.41. The Morgan fingerprint density at radius 1 is 1.10 bits per heavy atom. The first-order valence-corrected chi connectivity index (χ1v) is 6.65. The molecule has 1 aliphatic rings. The number of phenols is 2. The van der Waals surface area contributed by atoms with Gasteiger partial charge in [0.05, 0.1) is 11.9 Å². The Kier molecular flexibility index (Phi) is 3.29. The molecule has 2 aromatic carbocycles. The molecule has 0 atom stereocenters. The molecule has 1 aliphatic heterocycles. The van der Waals surface area contributed by atoms with Crippen LogP contribution in [0.5, 0.6) is 11.5 Å². The number of phenolic OH excluding ortho intramolecular Hbond substituents is 2. The topological polar surface area (TPSA) is 56.1 Å². The molecule has 2 N–H and O–H groups in total. The maximum absolute atomic E-state index is 9.75. The highest BCUT2D eigenvalue weighted by Gasteiger charge is 2.14. The highest BCUT2D eigenvalue weighted by Crippen LogP contribution is 2.27. The predicted molar refractivity (Wildman–Crippen MR) is 79.5 cm³/mol. The molecule has 0 aliphatic carbocycles. The quantitative estimate of drug-likeness (QED) is 0.823. The van der Waals surface area contributed by atoms with E-state index in [-0.39, 0.29) is 11.5 Å². The summed E-state index contributed by atoms with van der Waals surface area (Å²) in [6.07, 6.45) is 3.76. The molecule has 0 spiro atoms. The van der Waals surface area contributed by atoms with Gasteiger partial charge in [-0.15, -0.1) is 0 Å². The summed E-state index contributed by atoms with van der Waals surface area (Å²) in [5, 5.41) is 25.4. The summed E-state index contributed by atoms with van der Waals surface area (Å²) >= 11 is 0. The predicted octanol–water partition coefficient (Wildman–Crippen LogP) is 2.88. The summed E-state index contributed by atoms with van der Waals surface area (Å²) in [5.41, 5.74) is 3.00. The summed E-state index contributed by atoms with van der Waals surface area (Å²) in [6.45, 7) is 0.867. The second-order valence-corrected chi connectivity index (χ2v) is 4.84. The van der Waals surface area contributed by atoms with Crippen molar-refractivity contribution in [2.45, 2.75) is 12.8 Å². The van der Waals surface area contributed by atoms with Crippen molar-refractivity contribution in [3.63, 3.8) is 0 Å². The molecule has 4 nitrogen and oxygen atoms in total. The number of para-hydroxylation sites is 1. The van der Waals surface area contributed by atoms with Crippen LogP contribution in [0.4, 0.5) is 5.69 Å². The summed E-state index contributed by atoms with van der Waals surface area (Å²) < 4.78 is 0. The monoisotopic (exact) mass is 268 g/mol. The largest absolute Gasteiger partial charge is 0.508 e. The van der Waals surface area contributed by atoms with Crippen molar-refractivity contribution < 1.29 is 10.2 Å². The van der Waals surface area contributed by atoms with Crippen molar-refractivity contribution in [2.24, 2.45) is 5.10 Å². The lowest BCUT2D eigenvalue weighted by atomic mass is 10.0. The summed E-state index contributed by atoms with van der Waals surface area (Å²) in [7, 11) is 0. The van der Waals surface area contributed by atoms with E-state index in [2.05, 4.69) is 17.2 Å².